The van der Waals surface area contributed by atoms with Gasteiger partial charge in [0.05, 0.1) is 12.6 Å². The van der Waals surface area contributed by atoms with Gasteiger partial charge in [0.15, 0.2) is 0 Å². The van der Waals surface area contributed by atoms with Gasteiger partial charge in [0, 0.05) is 13.1 Å². The van der Waals surface area contributed by atoms with Crippen molar-refractivity contribution in [2.24, 2.45) is 23.0 Å². The SMILES string of the molecule is CC(C)[C@H](N)C(=O)NCC(=O)N1CCCC(C(C)(C)C)CC1.Cl. The van der Waals surface area contributed by atoms with E-state index in [1.54, 1.807) is 0 Å². The predicted octanol–water partition coefficient (Wildman–Crippen LogP) is 2.18. The molecule has 0 aromatic carbocycles. The second kappa shape index (κ2) is 9.48. The first-order chi connectivity index (χ1) is 10.1. The summed E-state index contributed by atoms with van der Waals surface area (Å²) in [6.45, 7) is 12.2. The van der Waals surface area contributed by atoms with Crippen LogP contribution in [0.2, 0.25) is 0 Å². The molecule has 0 bridgehead atoms. The number of likely N-dealkylation sites (tertiary alicyclic amines) is 1. The van der Waals surface area contributed by atoms with Crippen LogP contribution >= 0.6 is 12.4 Å². The molecule has 1 saturated heterocycles. The Labute approximate surface area is 147 Å². The van der Waals surface area contributed by atoms with E-state index in [-0.39, 0.29) is 42.1 Å². The van der Waals surface area contributed by atoms with E-state index in [0.29, 0.717) is 5.92 Å². The van der Waals surface area contributed by atoms with Crippen LogP contribution in [-0.2, 0) is 9.59 Å². The number of rotatable bonds is 4. The maximum absolute atomic E-state index is 12.3. The molecule has 2 amide bonds. The molecule has 3 N–H and O–H groups in total. The van der Waals surface area contributed by atoms with Crippen LogP contribution in [0.5, 0.6) is 0 Å². The lowest BCUT2D eigenvalue weighted by Gasteiger charge is -2.29. The lowest BCUT2D eigenvalue weighted by Crippen LogP contribution is -2.48. The molecule has 0 aliphatic carbocycles. The second-order valence-corrected chi connectivity index (χ2v) is 7.86. The predicted molar refractivity (Wildman–Crippen MR) is 96.4 cm³/mol. The van der Waals surface area contributed by atoms with Crippen molar-refractivity contribution in [2.45, 2.75) is 59.9 Å². The summed E-state index contributed by atoms with van der Waals surface area (Å²) in [5.74, 6) is 0.472. The summed E-state index contributed by atoms with van der Waals surface area (Å²) in [6.07, 6.45) is 3.24. The Kier molecular flexibility index (Phi) is 9.14. The Morgan fingerprint density at radius 3 is 2.35 bits per heavy atom. The molecule has 0 aromatic heterocycles. The van der Waals surface area contributed by atoms with E-state index in [1.165, 1.54) is 0 Å². The van der Waals surface area contributed by atoms with Gasteiger partial charge in [0.1, 0.15) is 0 Å². The minimum absolute atomic E-state index is 0. The van der Waals surface area contributed by atoms with Gasteiger partial charge in [-0.2, -0.15) is 0 Å². The molecule has 1 heterocycles. The first kappa shape index (κ1) is 22.2. The number of hydrogen-bond acceptors (Lipinski definition) is 3. The largest absolute Gasteiger partial charge is 0.346 e. The molecule has 0 aromatic rings. The molecule has 1 fully saturated rings. The molecule has 23 heavy (non-hydrogen) atoms. The number of nitrogens with zero attached hydrogens (tertiary/aromatic N) is 1. The van der Waals surface area contributed by atoms with E-state index >= 15 is 0 Å². The van der Waals surface area contributed by atoms with E-state index in [0.717, 1.165) is 32.4 Å². The van der Waals surface area contributed by atoms with Gasteiger partial charge >= 0.3 is 0 Å². The summed E-state index contributed by atoms with van der Waals surface area (Å²) in [4.78, 5) is 26.0. The molecule has 0 radical (unpaired) electrons. The van der Waals surface area contributed by atoms with Gasteiger partial charge in [0.2, 0.25) is 11.8 Å². The Morgan fingerprint density at radius 2 is 1.83 bits per heavy atom. The van der Waals surface area contributed by atoms with Crippen molar-refractivity contribution in [1.82, 2.24) is 10.2 Å². The normalized spacial score (nSPS) is 20.5. The van der Waals surface area contributed by atoms with Crippen LogP contribution in [0.4, 0.5) is 0 Å². The van der Waals surface area contributed by atoms with Crippen LogP contribution < -0.4 is 11.1 Å². The number of carbonyl (C=O) groups is 2. The molecule has 1 rings (SSSR count). The Morgan fingerprint density at radius 1 is 1.22 bits per heavy atom. The number of amides is 2. The third-order valence-corrected chi connectivity index (χ3v) is 4.74. The van der Waals surface area contributed by atoms with E-state index in [2.05, 4.69) is 26.1 Å². The fraction of sp³-hybridized carbons (Fsp3) is 0.882. The minimum atomic E-state index is -0.554. The molecule has 6 heteroatoms. The molecule has 1 aliphatic heterocycles. The van der Waals surface area contributed by atoms with Crippen molar-refractivity contribution in [3.8, 4) is 0 Å². The Hall–Kier alpha value is -0.810. The highest BCUT2D eigenvalue weighted by atomic mass is 35.5. The van der Waals surface area contributed by atoms with Crippen molar-refractivity contribution >= 4 is 24.2 Å². The molecule has 2 atom stereocenters. The number of nitrogens with one attached hydrogen (secondary N) is 1. The summed E-state index contributed by atoms with van der Waals surface area (Å²) < 4.78 is 0. The van der Waals surface area contributed by atoms with Crippen LogP contribution in [0.15, 0.2) is 0 Å². The Balaban J connectivity index is 0.00000484. The molecule has 0 saturated carbocycles. The number of nitrogens with two attached hydrogens (primary N) is 1. The van der Waals surface area contributed by atoms with Gasteiger partial charge in [0.25, 0.3) is 0 Å². The maximum Gasteiger partial charge on any atom is 0.241 e. The number of carbonyl (C=O) groups excluding carboxylic acids is 2. The Bertz CT molecular complexity index is 394. The van der Waals surface area contributed by atoms with Crippen LogP contribution in [0.25, 0.3) is 0 Å². The van der Waals surface area contributed by atoms with Crippen molar-refractivity contribution < 1.29 is 9.59 Å². The monoisotopic (exact) mass is 347 g/mol. The van der Waals surface area contributed by atoms with Crippen molar-refractivity contribution in [1.29, 1.82) is 0 Å². The standard InChI is InChI=1S/C17H33N3O2.ClH/c1-12(2)15(18)16(22)19-11-14(21)20-9-6-7-13(8-10-20)17(3,4)5;/h12-13,15H,6-11,18H2,1-5H3,(H,19,22);1H/t13?,15-;/m0./s1. The van der Waals surface area contributed by atoms with Gasteiger partial charge in [-0.3, -0.25) is 9.59 Å². The first-order valence-corrected chi connectivity index (χ1v) is 8.44. The van der Waals surface area contributed by atoms with E-state index in [9.17, 15) is 9.59 Å². The summed E-state index contributed by atoms with van der Waals surface area (Å²) in [5.41, 5.74) is 6.07. The van der Waals surface area contributed by atoms with Crippen molar-refractivity contribution in [3.63, 3.8) is 0 Å². The third kappa shape index (κ3) is 7.08. The van der Waals surface area contributed by atoms with Gasteiger partial charge in [-0.25, -0.2) is 0 Å². The van der Waals surface area contributed by atoms with Gasteiger partial charge in [-0.1, -0.05) is 34.6 Å². The highest BCUT2D eigenvalue weighted by molar-refractivity contribution is 5.87. The third-order valence-electron chi connectivity index (χ3n) is 4.74. The maximum atomic E-state index is 12.3. The number of hydrogen-bond donors (Lipinski definition) is 2. The molecule has 1 unspecified atom stereocenters. The second-order valence-electron chi connectivity index (χ2n) is 7.86. The van der Waals surface area contributed by atoms with Crippen LogP contribution in [0, 0.1) is 17.3 Å². The lowest BCUT2D eigenvalue weighted by molar-refractivity contribution is -0.133. The highest BCUT2D eigenvalue weighted by Gasteiger charge is 2.28. The van der Waals surface area contributed by atoms with Crippen LogP contribution in [-0.4, -0.2) is 42.4 Å². The van der Waals surface area contributed by atoms with E-state index in [4.69, 9.17) is 5.73 Å². The fourth-order valence-corrected chi connectivity index (χ4v) is 2.91. The number of halogens is 1. The molecular weight excluding hydrogens is 314 g/mol. The van der Waals surface area contributed by atoms with Crippen molar-refractivity contribution in [2.75, 3.05) is 19.6 Å². The molecule has 136 valence electrons. The summed E-state index contributed by atoms with van der Waals surface area (Å²) in [6, 6.07) is -0.554. The quantitative estimate of drug-likeness (QED) is 0.818. The van der Waals surface area contributed by atoms with E-state index < -0.39 is 6.04 Å². The summed E-state index contributed by atoms with van der Waals surface area (Å²) >= 11 is 0. The van der Waals surface area contributed by atoms with Gasteiger partial charge in [-0.15, -0.1) is 12.4 Å². The lowest BCUT2D eigenvalue weighted by atomic mass is 9.77. The summed E-state index contributed by atoms with van der Waals surface area (Å²) in [7, 11) is 0. The average molecular weight is 348 g/mol. The zero-order valence-corrected chi connectivity index (χ0v) is 16.0. The van der Waals surface area contributed by atoms with Gasteiger partial charge < -0.3 is 16.0 Å². The zero-order valence-electron chi connectivity index (χ0n) is 15.2. The molecule has 1 aliphatic rings. The topological polar surface area (TPSA) is 75.4 Å². The van der Waals surface area contributed by atoms with Crippen LogP contribution in [0.1, 0.15) is 53.9 Å². The zero-order chi connectivity index (χ0) is 16.9. The molecule has 5 nitrogen and oxygen atoms in total. The first-order valence-electron chi connectivity index (χ1n) is 8.44. The summed E-state index contributed by atoms with van der Waals surface area (Å²) in [5, 5.41) is 2.67. The van der Waals surface area contributed by atoms with Crippen molar-refractivity contribution in [3.05, 3.63) is 0 Å². The van der Waals surface area contributed by atoms with Crippen LogP contribution in [0.3, 0.4) is 0 Å². The van der Waals surface area contributed by atoms with E-state index in [1.807, 2.05) is 18.7 Å². The average Bonchev–Trinajstić information content (AvgIpc) is 2.68. The fourth-order valence-electron chi connectivity index (χ4n) is 2.91. The van der Waals surface area contributed by atoms with Gasteiger partial charge in [-0.05, 0) is 36.5 Å². The minimum Gasteiger partial charge on any atom is -0.346 e. The highest BCUT2D eigenvalue weighted by Crippen LogP contribution is 2.34. The molecule has 0 spiro atoms. The molecular formula is C17H34ClN3O2. The smallest absolute Gasteiger partial charge is 0.241 e.